The van der Waals surface area contributed by atoms with E-state index in [0.717, 1.165) is 11.8 Å². The van der Waals surface area contributed by atoms with Gasteiger partial charge in [0.05, 0.1) is 19.1 Å². The number of hydrazine groups is 1. The van der Waals surface area contributed by atoms with Crippen molar-refractivity contribution >= 4 is 21.7 Å². The van der Waals surface area contributed by atoms with E-state index in [0.29, 0.717) is 11.5 Å². The third kappa shape index (κ3) is 4.76. The van der Waals surface area contributed by atoms with Gasteiger partial charge in [0.15, 0.2) is 9.84 Å². The summed E-state index contributed by atoms with van der Waals surface area (Å²) >= 11 is 0. The van der Waals surface area contributed by atoms with Gasteiger partial charge in [0, 0.05) is 22.9 Å². The summed E-state index contributed by atoms with van der Waals surface area (Å²) in [6.07, 6.45) is 1.08. The van der Waals surface area contributed by atoms with Gasteiger partial charge in [-0.05, 0) is 43.3 Å². The van der Waals surface area contributed by atoms with Gasteiger partial charge in [-0.2, -0.15) is 0 Å². The highest BCUT2D eigenvalue weighted by Gasteiger charge is 2.15. The highest BCUT2D eigenvalue weighted by atomic mass is 32.2. The number of benzene rings is 2. The lowest BCUT2D eigenvalue weighted by Crippen LogP contribution is -2.41. The Hall–Kier alpha value is -3.07. The Kier molecular flexibility index (Phi) is 6.06. The van der Waals surface area contributed by atoms with Gasteiger partial charge in [0.2, 0.25) is 0 Å². The molecule has 144 valence electrons. The maximum atomic E-state index is 12.3. The topological polar surface area (TPSA) is 111 Å². The molecule has 2 N–H and O–H groups in total. The summed E-state index contributed by atoms with van der Waals surface area (Å²) in [6, 6.07) is 8.41. The number of rotatable bonds is 5. The highest BCUT2D eigenvalue weighted by Crippen LogP contribution is 2.29. The van der Waals surface area contributed by atoms with Crippen LogP contribution >= 0.6 is 0 Å². The van der Waals surface area contributed by atoms with Crippen molar-refractivity contribution in [2.24, 2.45) is 0 Å². The number of hydrogen-bond acceptors (Lipinski definition) is 6. The third-order valence-electron chi connectivity index (χ3n) is 3.85. The van der Waals surface area contributed by atoms with E-state index in [4.69, 9.17) is 9.47 Å². The molecule has 8 nitrogen and oxygen atoms in total. The van der Waals surface area contributed by atoms with Crippen molar-refractivity contribution < 1.29 is 27.5 Å². The molecule has 0 radical (unpaired) electrons. The Labute approximate surface area is 157 Å². The second-order valence-corrected chi connectivity index (χ2v) is 7.73. The summed E-state index contributed by atoms with van der Waals surface area (Å²) in [5, 5.41) is 0. The predicted molar refractivity (Wildman–Crippen MR) is 98.8 cm³/mol. The maximum Gasteiger partial charge on any atom is 0.269 e. The van der Waals surface area contributed by atoms with Crippen LogP contribution in [0.5, 0.6) is 11.5 Å². The quantitative estimate of drug-likeness (QED) is 0.746. The van der Waals surface area contributed by atoms with Gasteiger partial charge in [-0.25, -0.2) is 8.42 Å². The molecule has 0 atom stereocenters. The molecule has 0 heterocycles. The van der Waals surface area contributed by atoms with Crippen LogP contribution in [0.1, 0.15) is 26.3 Å². The van der Waals surface area contributed by atoms with Gasteiger partial charge in [0.25, 0.3) is 11.8 Å². The minimum absolute atomic E-state index is 0.0990. The maximum absolute atomic E-state index is 12.3. The lowest BCUT2D eigenvalue weighted by molar-refractivity contribution is 0.0846. The van der Waals surface area contributed by atoms with E-state index in [1.54, 1.807) is 6.92 Å². The normalized spacial score (nSPS) is 10.8. The molecular weight excluding hydrogens is 372 g/mol. The van der Waals surface area contributed by atoms with Crippen LogP contribution in [0.4, 0.5) is 0 Å². The van der Waals surface area contributed by atoms with Gasteiger partial charge in [-0.1, -0.05) is 0 Å². The summed E-state index contributed by atoms with van der Waals surface area (Å²) in [5.41, 5.74) is 5.75. The zero-order valence-corrected chi connectivity index (χ0v) is 16.1. The summed E-state index contributed by atoms with van der Waals surface area (Å²) < 4.78 is 33.3. The largest absolute Gasteiger partial charge is 0.496 e. The summed E-state index contributed by atoms with van der Waals surface area (Å²) in [4.78, 5) is 24.5. The summed E-state index contributed by atoms with van der Waals surface area (Å²) in [6.45, 7) is 1.79. The fourth-order valence-corrected chi connectivity index (χ4v) is 2.96. The number of ether oxygens (including phenoxy) is 2. The standard InChI is InChI=1S/C18H20N2O6S/c1-11-15(25-2)9-13(10-16(11)26-3)18(22)20-19-17(21)12-5-7-14(8-6-12)27(4,23)24/h5-10H,1-4H3,(H,19,21)(H,20,22). The monoisotopic (exact) mass is 392 g/mol. The molecule has 0 spiro atoms. The van der Waals surface area contributed by atoms with Gasteiger partial charge in [-0.15, -0.1) is 0 Å². The average molecular weight is 392 g/mol. The molecule has 0 saturated carbocycles. The van der Waals surface area contributed by atoms with Gasteiger partial charge in [-0.3, -0.25) is 20.4 Å². The zero-order chi connectivity index (χ0) is 20.2. The molecule has 27 heavy (non-hydrogen) atoms. The number of methoxy groups -OCH3 is 2. The molecule has 0 bridgehead atoms. The molecule has 0 aromatic heterocycles. The van der Waals surface area contributed by atoms with Crippen LogP contribution in [0, 0.1) is 6.92 Å². The van der Waals surface area contributed by atoms with E-state index >= 15 is 0 Å². The number of carbonyl (C=O) groups is 2. The van der Waals surface area contributed by atoms with Crippen LogP contribution in [0.15, 0.2) is 41.3 Å². The minimum Gasteiger partial charge on any atom is -0.496 e. The fraction of sp³-hybridized carbons (Fsp3) is 0.222. The second kappa shape index (κ2) is 8.09. The zero-order valence-electron chi connectivity index (χ0n) is 15.3. The van der Waals surface area contributed by atoms with Crippen molar-refractivity contribution in [1.82, 2.24) is 10.9 Å². The van der Waals surface area contributed by atoms with Crippen molar-refractivity contribution in [2.45, 2.75) is 11.8 Å². The SMILES string of the molecule is COc1cc(C(=O)NNC(=O)c2ccc(S(C)(=O)=O)cc2)cc(OC)c1C. The third-order valence-corrected chi connectivity index (χ3v) is 4.98. The molecule has 0 aliphatic heterocycles. The van der Waals surface area contributed by atoms with E-state index < -0.39 is 21.7 Å². The molecule has 2 rings (SSSR count). The molecule has 0 saturated heterocycles. The Bertz CT molecular complexity index is 943. The Morgan fingerprint density at radius 1 is 0.852 bits per heavy atom. The molecule has 2 aromatic carbocycles. The first-order chi connectivity index (χ1) is 12.7. The van der Waals surface area contributed by atoms with Gasteiger partial charge >= 0.3 is 0 Å². The molecule has 0 fully saturated rings. The lowest BCUT2D eigenvalue weighted by Gasteiger charge is -2.13. The molecule has 0 unspecified atom stereocenters. The first kappa shape index (κ1) is 20.2. The van der Waals surface area contributed by atoms with E-state index in [-0.39, 0.29) is 16.0 Å². The summed E-state index contributed by atoms with van der Waals surface area (Å²) in [7, 11) is -0.394. The van der Waals surface area contributed by atoms with E-state index in [2.05, 4.69) is 10.9 Å². The Morgan fingerprint density at radius 2 is 1.30 bits per heavy atom. The first-order valence-corrected chi connectivity index (χ1v) is 9.70. The first-order valence-electron chi connectivity index (χ1n) is 7.80. The van der Waals surface area contributed by atoms with Crippen molar-refractivity contribution in [2.75, 3.05) is 20.5 Å². The number of hydrogen-bond donors (Lipinski definition) is 2. The van der Waals surface area contributed by atoms with Crippen LogP contribution in [0.3, 0.4) is 0 Å². The van der Waals surface area contributed by atoms with Crippen molar-refractivity contribution in [3.8, 4) is 11.5 Å². The van der Waals surface area contributed by atoms with E-state index in [9.17, 15) is 18.0 Å². The number of nitrogens with one attached hydrogen (secondary N) is 2. The van der Waals surface area contributed by atoms with Crippen molar-refractivity contribution in [3.05, 3.63) is 53.1 Å². The molecule has 0 aliphatic rings. The average Bonchev–Trinajstić information content (AvgIpc) is 2.65. The molecule has 2 aromatic rings. The Balaban J connectivity index is 2.10. The van der Waals surface area contributed by atoms with Crippen LogP contribution < -0.4 is 20.3 Å². The predicted octanol–water partition coefficient (Wildman–Crippen LogP) is 1.49. The van der Waals surface area contributed by atoms with Crippen LogP contribution in [0.25, 0.3) is 0 Å². The highest BCUT2D eigenvalue weighted by molar-refractivity contribution is 7.90. The van der Waals surface area contributed by atoms with Crippen molar-refractivity contribution in [1.29, 1.82) is 0 Å². The fourth-order valence-electron chi connectivity index (χ4n) is 2.33. The van der Waals surface area contributed by atoms with Crippen LogP contribution in [-0.4, -0.2) is 40.7 Å². The summed E-state index contributed by atoms with van der Waals surface area (Å²) in [5.74, 6) is -0.202. The second-order valence-electron chi connectivity index (χ2n) is 5.71. The van der Waals surface area contributed by atoms with Crippen LogP contribution in [0.2, 0.25) is 0 Å². The van der Waals surface area contributed by atoms with Gasteiger partial charge < -0.3 is 9.47 Å². The van der Waals surface area contributed by atoms with E-state index in [1.165, 1.54) is 50.6 Å². The van der Waals surface area contributed by atoms with Crippen molar-refractivity contribution in [3.63, 3.8) is 0 Å². The minimum atomic E-state index is -3.35. The molecule has 9 heteroatoms. The molecular formula is C18H20N2O6S. The van der Waals surface area contributed by atoms with E-state index in [1.807, 2.05) is 0 Å². The molecule has 0 aliphatic carbocycles. The lowest BCUT2D eigenvalue weighted by atomic mass is 10.1. The Morgan fingerprint density at radius 3 is 1.70 bits per heavy atom. The van der Waals surface area contributed by atoms with Gasteiger partial charge in [0.1, 0.15) is 11.5 Å². The molecule has 2 amide bonds. The number of sulfone groups is 1. The smallest absolute Gasteiger partial charge is 0.269 e. The number of amides is 2. The number of carbonyl (C=O) groups excluding carboxylic acids is 2. The van der Waals surface area contributed by atoms with Crippen LogP contribution in [-0.2, 0) is 9.84 Å².